The van der Waals surface area contributed by atoms with Gasteiger partial charge in [-0.3, -0.25) is 14.2 Å². The summed E-state index contributed by atoms with van der Waals surface area (Å²) in [4.78, 5) is 13.9. The van der Waals surface area contributed by atoms with E-state index in [4.69, 9.17) is 9.84 Å². The number of piperidine rings is 1. The highest BCUT2D eigenvalue weighted by molar-refractivity contribution is 5.87. The Morgan fingerprint density at radius 2 is 2.08 bits per heavy atom. The third kappa shape index (κ3) is 4.25. The van der Waals surface area contributed by atoms with Crippen LogP contribution in [0.25, 0.3) is 16.6 Å². The number of hydrogen-bond donors (Lipinski definition) is 1. The minimum atomic E-state index is -0.670. The predicted octanol–water partition coefficient (Wildman–Crippen LogP) is 3.35. The Balaban J connectivity index is 1.27. The van der Waals surface area contributed by atoms with E-state index in [1.807, 2.05) is 23.4 Å². The average molecular weight is 541 g/mol. The topological polar surface area (TPSA) is 126 Å². The van der Waals surface area contributed by atoms with Gasteiger partial charge >= 0.3 is 0 Å². The first kappa shape index (κ1) is 25.8. The average Bonchev–Trinajstić information content (AvgIpc) is 3.68. The lowest BCUT2D eigenvalue weighted by atomic mass is 9.60. The fourth-order valence-corrected chi connectivity index (χ4v) is 6.37. The van der Waals surface area contributed by atoms with Crippen molar-refractivity contribution in [3.63, 3.8) is 0 Å². The van der Waals surface area contributed by atoms with Crippen LogP contribution in [0, 0.1) is 23.7 Å². The van der Waals surface area contributed by atoms with Crippen molar-refractivity contribution in [2.75, 3.05) is 19.7 Å². The van der Waals surface area contributed by atoms with Crippen LogP contribution >= 0.6 is 0 Å². The fraction of sp³-hybridized carbons (Fsp3) is 0.414. The molecule has 11 nitrogen and oxygen atoms in total. The van der Waals surface area contributed by atoms with E-state index in [0.29, 0.717) is 28.6 Å². The zero-order valence-corrected chi connectivity index (χ0v) is 22.7. The lowest BCUT2D eigenvalue weighted by Crippen LogP contribution is -2.49. The Bertz CT molecular complexity index is 1620. The second-order valence-corrected chi connectivity index (χ2v) is 10.9. The number of nitrogens with zero attached hydrogens (tertiary/aromatic N) is 8. The van der Waals surface area contributed by atoms with Crippen molar-refractivity contribution < 1.29 is 14.6 Å². The van der Waals surface area contributed by atoms with E-state index in [0.717, 1.165) is 55.6 Å². The van der Waals surface area contributed by atoms with Crippen molar-refractivity contribution in [1.82, 2.24) is 34.1 Å². The molecule has 1 atom stereocenters. The molecule has 2 aliphatic rings. The zero-order chi connectivity index (χ0) is 28.0. The summed E-state index contributed by atoms with van der Waals surface area (Å²) in [5.74, 6) is 0.464. The molecule has 11 heteroatoms. The van der Waals surface area contributed by atoms with Crippen LogP contribution in [-0.4, -0.2) is 64.8 Å². The van der Waals surface area contributed by atoms with Gasteiger partial charge in [0.1, 0.15) is 22.9 Å². The fourth-order valence-electron chi connectivity index (χ4n) is 6.37. The van der Waals surface area contributed by atoms with Crippen LogP contribution in [0.5, 0.6) is 5.75 Å². The normalized spacial score (nSPS) is 17.5. The number of ether oxygens (including phenoxy) is 1. The molecular weight excluding hydrogens is 508 g/mol. The highest BCUT2D eigenvalue weighted by Crippen LogP contribution is 2.55. The Morgan fingerprint density at radius 3 is 2.73 bits per heavy atom. The van der Waals surface area contributed by atoms with Crippen LogP contribution in [0.2, 0.25) is 0 Å². The van der Waals surface area contributed by atoms with Crippen molar-refractivity contribution in [2.45, 2.75) is 44.8 Å². The van der Waals surface area contributed by atoms with Gasteiger partial charge in [-0.1, -0.05) is 6.58 Å². The number of pyridine rings is 1. The predicted molar refractivity (Wildman–Crippen MR) is 146 cm³/mol. The molecule has 1 aliphatic carbocycles. The molecular formula is C29H32N8O3. The molecule has 1 saturated carbocycles. The molecule has 6 rings (SSSR count). The summed E-state index contributed by atoms with van der Waals surface area (Å²) in [6, 6.07) is 6.18. The monoisotopic (exact) mass is 540 g/mol. The van der Waals surface area contributed by atoms with Gasteiger partial charge in [-0.05, 0) is 56.2 Å². The third-order valence-electron chi connectivity index (χ3n) is 8.67. The van der Waals surface area contributed by atoms with Gasteiger partial charge in [0, 0.05) is 49.4 Å². The minimum Gasteiger partial charge on any atom is -0.479 e. The summed E-state index contributed by atoms with van der Waals surface area (Å²) in [6.07, 6.45) is 11.8. The SMILES string of the molecule is C=CC(=O)N1CCC2(CC1)CC(n1ncc(-c3cc(OC(CO)c4ccnn4C)c4c(C#N)cnn4c3)c1C)C2. The molecule has 1 unspecified atom stereocenters. The number of carbonyl (C=O) groups is 1. The highest BCUT2D eigenvalue weighted by atomic mass is 16.5. The Hall–Kier alpha value is -4.43. The summed E-state index contributed by atoms with van der Waals surface area (Å²) in [6.45, 7) is 6.99. The molecule has 1 aliphatic heterocycles. The summed E-state index contributed by atoms with van der Waals surface area (Å²) in [5, 5.41) is 33.2. The first-order valence-corrected chi connectivity index (χ1v) is 13.5. The third-order valence-corrected chi connectivity index (χ3v) is 8.67. The van der Waals surface area contributed by atoms with E-state index in [1.165, 1.54) is 12.3 Å². The van der Waals surface area contributed by atoms with E-state index in [2.05, 4.69) is 34.5 Å². The van der Waals surface area contributed by atoms with Crippen LogP contribution in [-0.2, 0) is 11.8 Å². The Labute approximate surface area is 231 Å². The van der Waals surface area contributed by atoms with E-state index in [9.17, 15) is 15.2 Å². The lowest BCUT2D eigenvalue weighted by Gasteiger charge is -2.52. The largest absolute Gasteiger partial charge is 0.479 e. The van der Waals surface area contributed by atoms with Crippen LogP contribution in [0.1, 0.15) is 54.8 Å². The maximum absolute atomic E-state index is 12.0. The van der Waals surface area contributed by atoms with Crippen molar-refractivity contribution in [1.29, 1.82) is 5.26 Å². The maximum Gasteiger partial charge on any atom is 0.245 e. The van der Waals surface area contributed by atoms with Crippen LogP contribution in [0.3, 0.4) is 0 Å². The van der Waals surface area contributed by atoms with Gasteiger partial charge in [0.25, 0.3) is 0 Å². The molecule has 0 aromatic carbocycles. The van der Waals surface area contributed by atoms with E-state index < -0.39 is 6.10 Å². The summed E-state index contributed by atoms with van der Waals surface area (Å²) >= 11 is 0. The maximum atomic E-state index is 12.0. The molecule has 5 heterocycles. The number of hydrogen-bond acceptors (Lipinski definition) is 7. The summed E-state index contributed by atoms with van der Waals surface area (Å²) < 4.78 is 11.7. The molecule has 40 heavy (non-hydrogen) atoms. The smallest absolute Gasteiger partial charge is 0.245 e. The molecule has 1 saturated heterocycles. The van der Waals surface area contributed by atoms with Crippen molar-refractivity contribution >= 4 is 11.4 Å². The van der Waals surface area contributed by atoms with Crippen LogP contribution in [0.15, 0.2) is 49.6 Å². The van der Waals surface area contributed by atoms with Crippen LogP contribution in [0.4, 0.5) is 0 Å². The van der Waals surface area contributed by atoms with E-state index >= 15 is 0 Å². The van der Waals surface area contributed by atoms with E-state index in [1.54, 1.807) is 28.5 Å². The quantitative estimate of drug-likeness (QED) is 0.356. The Morgan fingerprint density at radius 1 is 1.30 bits per heavy atom. The molecule has 4 aromatic heterocycles. The molecule has 1 amide bonds. The van der Waals surface area contributed by atoms with Crippen LogP contribution < -0.4 is 4.74 Å². The number of rotatable bonds is 7. The number of aromatic nitrogens is 6. The molecule has 1 N–H and O–H groups in total. The molecule has 0 radical (unpaired) electrons. The second-order valence-electron chi connectivity index (χ2n) is 10.9. The second kappa shape index (κ2) is 9.95. The highest BCUT2D eigenvalue weighted by Gasteiger charge is 2.47. The number of carbonyl (C=O) groups excluding carboxylic acids is 1. The van der Waals surface area contributed by atoms with Crippen molar-refractivity contribution in [2.24, 2.45) is 12.5 Å². The van der Waals surface area contributed by atoms with Gasteiger partial charge in [-0.25, -0.2) is 4.52 Å². The molecule has 206 valence electrons. The summed E-state index contributed by atoms with van der Waals surface area (Å²) in [5.41, 5.74) is 4.76. The van der Waals surface area contributed by atoms with Crippen molar-refractivity contribution in [3.8, 4) is 22.9 Å². The van der Waals surface area contributed by atoms with Gasteiger partial charge in [0.2, 0.25) is 5.91 Å². The van der Waals surface area contributed by atoms with Gasteiger partial charge in [0.15, 0.2) is 6.10 Å². The molecule has 1 spiro atoms. The van der Waals surface area contributed by atoms with Gasteiger partial charge < -0.3 is 14.7 Å². The molecule has 2 fully saturated rings. The first-order valence-electron chi connectivity index (χ1n) is 13.5. The van der Waals surface area contributed by atoms with Crippen molar-refractivity contribution in [3.05, 3.63) is 66.5 Å². The number of aliphatic hydroxyl groups excluding tert-OH is 1. The number of nitriles is 1. The summed E-state index contributed by atoms with van der Waals surface area (Å²) in [7, 11) is 1.79. The van der Waals surface area contributed by atoms with E-state index in [-0.39, 0.29) is 17.9 Å². The number of aryl methyl sites for hydroxylation is 1. The van der Waals surface area contributed by atoms with Gasteiger partial charge in [-0.15, -0.1) is 0 Å². The number of aliphatic hydroxyl groups is 1. The Kier molecular flexibility index (Phi) is 6.43. The van der Waals surface area contributed by atoms with Gasteiger partial charge in [0.05, 0.1) is 30.7 Å². The number of amides is 1. The molecule has 4 aromatic rings. The lowest BCUT2D eigenvalue weighted by molar-refractivity contribution is -0.130. The zero-order valence-electron chi connectivity index (χ0n) is 22.7. The standard InChI is InChI=1S/C29H32N8O3/c1-4-27(39)35-9-6-29(7-10-35)12-22(13-29)37-19(2)23(16-33-37)20-11-25(28-21(14-30)15-32-36(28)17-20)40-26(18-38)24-5-8-31-34(24)3/h4-5,8,11,15-17,22,26,38H,1,6-7,9-10,12-13,18H2,2-3H3. The number of fused-ring (bicyclic) bond motifs is 1. The number of likely N-dealkylation sites (tertiary alicyclic amines) is 1. The van der Waals surface area contributed by atoms with Gasteiger partial charge in [-0.2, -0.15) is 20.6 Å². The first-order chi connectivity index (χ1) is 19.4. The minimum absolute atomic E-state index is 0.0170. The molecule has 0 bridgehead atoms.